The van der Waals surface area contributed by atoms with Gasteiger partial charge >= 0.3 is 5.97 Å². The molecule has 1 aliphatic heterocycles. The average molecular weight is 320 g/mol. The van der Waals surface area contributed by atoms with E-state index in [0.717, 1.165) is 23.4 Å². The fraction of sp³-hybridized carbons (Fsp3) is 0.400. The van der Waals surface area contributed by atoms with E-state index in [1.165, 1.54) is 11.8 Å². The molecule has 1 heterocycles. The second-order valence-electron chi connectivity index (χ2n) is 5.30. The molecule has 2 aliphatic rings. The maximum Gasteiger partial charge on any atom is 0.307 e. The molecule has 7 heteroatoms. The molecule has 0 aromatic heterocycles. The van der Waals surface area contributed by atoms with E-state index < -0.39 is 11.2 Å². The van der Waals surface area contributed by atoms with Gasteiger partial charge < -0.3 is 15.4 Å². The quantitative estimate of drug-likeness (QED) is 0.799. The summed E-state index contributed by atoms with van der Waals surface area (Å²) in [6.45, 7) is -0.287. The highest BCUT2D eigenvalue weighted by atomic mass is 32.2. The van der Waals surface area contributed by atoms with Crippen LogP contribution in [0.3, 0.4) is 0 Å². The molecule has 1 aromatic rings. The third-order valence-electron chi connectivity index (χ3n) is 3.37. The summed E-state index contributed by atoms with van der Waals surface area (Å²) in [6.07, 6.45) is 1.91. The van der Waals surface area contributed by atoms with Crippen LogP contribution >= 0.6 is 11.8 Å². The number of ether oxygens (including phenoxy) is 1. The van der Waals surface area contributed by atoms with E-state index >= 15 is 0 Å². The van der Waals surface area contributed by atoms with Crippen LogP contribution < -0.4 is 10.6 Å². The summed E-state index contributed by atoms with van der Waals surface area (Å²) in [5.74, 6) is -1.05. The van der Waals surface area contributed by atoms with Gasteiger partial charge in [0.15, 0.2) is 6.61 Å². The third kappa shape index (κ3) is 3.79. The summed E-state index contributed by atoms with van der Waals surface area (Å²) < 4.78 is 4.93. The van der Waals surface area contributed by atoms with Gasteiger partial charge in [0.05, 0.1) is 17.4 Å². The van der Waals surface area contributed by atoms with Crippen LogP contribution in [0.1, 0.15) is 19.3 Å². The van der Waals surface area contributed by atoms with Crippen molar-refractivity contribution < 1.29 is 19.1 Å². The number of fused-ring (bicyclic) bond motifs is 1. The lowest BCUT2D eigenvalue weighted by molar-refractivity contribution is -0.149. The van der Waals surface area contributed by atoms with Crippen LogP contribution in [0.25, 0.3) is 0 Å². The van der Waals surface area contributed by atoms with Crippen molar-refractivity contribution in [3.63, 3.8) is 0 Å². The first-order valence-corrected chi connectivity index (χ1v) is 8.01. The fourth-order valence-electron chi connectivity index (χ4n) is 2.08. The highest BCUT2D eigenvalue weighted by molar-refractivity contribution is 8.01. The molecule has 1 fully saturated rings. The second kappa shape index (κ2) is 6.39. The molecular formula is C15H16N2O4S. The molecule has 1 saturated carbocycles. The summed E-state index contributed by atoms with van der Waals surface area (Å²) in [7, 11) is 0. The van der Waals surface area contributed by atoms with Crippen LogP contribution in [0.2, 0.25) is 0 Å². The van der Waals surface area contributed by atoms with Gasteiger partial charge in [-0.25, -0.2) is 0 Å². The first-order valence-electron chi connectivity index (χ1n) is 7.13. The molecule has 0 radical (unpaired) electrons. The van der Waals surface area contributed by atoms with Crippen molar-refractivity contribution in [2.75, 3.05) is 11.9 Å². The van der Waals surface area contributed by atoms with Crippen molar-refractivity contribution >= 4 is 35.2 Å². The number of thioether (sulfide) groups is 1. The number of carbonyl (C=O) groups is 3. The SMILES string of the molecule is O=C(COC(=O)CC1Sc2ccccc2NC1=O)NC1CC1. The predicted molar refractivity (Wildman–Crippen MR) is 81.5 cm³/mol. The van der Waals surface area contributed by atoms with E-state index in [2.05, 4.69) is 10.6 Å². The Morgan fingerprint density at radius 3 is 2.86 bits per heavy atom. The zero-order chi connectivity index (χ0) is 15.5. The number of esters is 1. The van der Waals surface area contributed by atoms with E-state index in [-0.39, 0.29) is 30.9 Å². The maximum atomic E-state index is 12.0. The van der Waals surface area contributed by atoms with E-state index in [9.17, 15) is 14.4 Å². The van der Waals surface area contributed by atoms with Gasteiger partial charge in [0, 0.05) is 10.9 Å². The molecule has 0 bridgehead atoms. The van der Waals surface area contributed by atoms with Crippen LogP contribution in [0.15, 0.2) is 29.2 Å². The summed E-state index contributed by atoms with van der Waals surface area (Å²) in [5, 5.41) is 4.97. The number of para-hydroxylation sites is 1. The van der Waals surface area contributed by atoms with Crippen LogP contribution in [-0.4, -0.2) is 35.7 Å². The Balaban J connectivity index is 1.49. The molecule has 0 spiro atoms. The molecule has 2 amide bonds. The Morgan fingerprint density at radius 2 is 2.09 bits per heavy atom. The molecule has 22 heavy (non-hydrogen) atoms. The lowest BCUT2D eigenvalue weighted by atomic mass is 10.2. The molecule has 2 N–H and O–H groups in total. The molecule has 1 unspecified atom stereocenters. The number of hydrogen-bond donors (Lipinski definition) is 2. The molecule has 3 rings (SSSR count). The molecule has 1 aromatic carbocycles. The average Bonchev–Trinajstić information content (AvgIpc) is 3.30. The summed E-state index contributed by atoms with van der Waals surface area (Å²) >= 11 is 1.33. The standard InChI is InChI=1S/C15H16N2O4S/c18-13(16-9-5-6-9)8-21-14(19)7-12-15(20)17-10-3-1-2-4-11(10)22-12/h1-4,9,12H,5-8H2,(H,16,18)(H,17,20). The van der Waals surface area contributed by atoms with Gasteiger partial charge in [-0.05, 0) is 25.0 Å². The zero-order valence-electron chi connectivity index (χ0n) is 11.8. The lowest BCUT2D eigenvalue weighted by Crippen LogP contribution is -2.33. The maximum absolute atomic E-state index is 12.0. The number of nitrogens with one attached hydrogen (secondary N) is 2. The lowest BCUT2D eigenvalue weighted by Gasteiger charge is -2.23. The number of amides is 2. The van der Waals surface area contributed by atoms with Crippen molar-refractivity contribution in [1.82, 2.24) is 5.32 Å². The fourth-order valence-corrected chi connectivity index (χ4v) is 3.18. The van der Waals surface area contributed by atoms with Gasteiger partial charge in [-0.3, -0.25) is 14.4 Å². The van der Waals surface area contributed by atoms with Crippen molar-refractivity contribution in [3.05, 3.63) is 24.3 Å². The number of hydrogen-bond acceptors (Lipinski definition) is 5. The van der Waals surface area contributed by atoms with Crippen molar-refractivity contribution in [1.29, 1.82) is 0 Å². The Labute approximate surface area is 132 Å². The summed E-state index contributed by atoms with van der Waals surface area (Å²) in [5.41, 5.74) is 0.755. The van der Waals surface area contributed by atoms with Gasteiger partial charge in [-0.2, -0.15) is 0 Å². The topological polar surface area (TPSA) is 84.5 Å². The Kier molecular flexibility index (Phi) is 4.33. The minimum absolute atomic E-state index is 0.0540. The van der Waals surface area contributed by atoms with Crippen molar-refractivity contribution in [2.24, 2.45) is 0 Å². The second-order valence-corrected chi connectivity index (χ2v) is 6.54. The minimum atomic E-state index is -0.544. The third-order valence-corrected chi connectivity index (χ3v) is 4.64. The molecule has 0 saturated heterocycles. The Bertz CT molecular complexity index is 615. The van der Waals surface area contributed by atoms with Crippen molar-refractivity contribution in [3.8, 4) is 0 Å². The molecular weight excluding hydrogens is 304 g/mol. The highest BCUT2D eigenvalue weighted by Gasteiger charge is 2.30. The normalized spacial score (nSPS) is 19.8. The van der Waals surface area contributed by atoms with Crippen LogP contribution in [-0.2, 0) is 19.1 Å². The largest absolute Gasteiger partial charge is 0.456 e. The van der Waals surface area contributed by atoms with Crippen LogP contribution in [0.5, 0.6) is 0 Å². The van der Waals surface area contributed by atoms with Crippen LogP contribution in [0.4, 0.5) is 5.69 Å². The van der Waals surface area contributed by atoms with Gasteiger partial charge in [-0.15, -0.1) is 11.8 Å². The predicted octanol–water partition coefficient (Wildman–Crippen LogP) is 1.31. The number of rotatable bonds is 5. The summed E-state index contributed by atoms with van der Waals surface area (Å²) in [4.78, 5) is 36.1. The first kappa shape index (κ1) is 14.9. The zero-order valence-corrected chi connectivity index (χ0v) is 12.7. The van der Waals surface area contributed by atoms with E-state index in [0.29, 0.717) is 0 Å². The number of benzene rings is 1. The number of carbonyl (C=O) groups excluding carboxylic acids is 3. The molecule has 1 atom stereocenters. The van der Waals surface area contributed by atoms with Gasteiger partial charge in [0.1, 0.15) is 0 Å². The van der Waals surface area contributed by atoms with Crippen molar-refractivity contribution in [2.45, 2.75) is 35.4 Å². The molecule has 1 aliphatic carbocycles. The van der Waals surface area contributed by atoms with Gasteiger partial charge in [0.25, 0.3) is 5.91 Å². The monoisotopic (exact) mass is 320 g/mol. The smallest absolute Gasteiger partial charge is 0.307 e. The van der Waals surface area contributed by atoms with E-state index in [1.54, 1.807) is 0 Å². The number of anilines is 1. The van der Waals surface area contributed by atoms with Gasteiger partial charge in [0.2, 0.25) is 5.91 Å². The first-order chi connectivity index (χ1) is 10.6. The Morgan fingerprint density at radius 1 is 1.32 bits per heavy atom. The molecule has 116 valence electrons. The van der Waals surface area contributed by atoms with Gasteiger partial charge in [-0.1, -0.05) is 12.1 Å². The summed E-state index contributed by atoms with van der Waals surface area (Å²) in [6, 6.07) is 7.66. The highest BCUT2D eigenvalue weighted by Crippen LogP contribution is 2.36. The van der Waals surface area contributed by atoms with E-state index in [4.69, 9.17) is 4.74 Å². The Hall–Kier alpha value is -2.02. The van der Waals surface area contributed by atoms with E-state index in [1.807, 2.05) is 24.3 Å². The van der Waals surface area contributed by atoms with Crippen LogP contribution in [0, 0.1) is 0 Å². The molecule has 6 nitrogen and oxygen atoms in total. The minimum Gasteiger partial charge on any atom is -0.456 e.